The molecule has 0 aromatic heterocycles. The molecule has 0 amide bonds. The molecule has 0 aliphatic carbocycles. The minimum Gasteiger partial charge on any atom is -0.469 e. The number of methoxy groups -OCH3 is 1. The summed E-state index contributed by atoms with van der Waals surface area (Å²) in [5.74, 6) is -0.0306. The van der Waals surface area contributed by atoms with Crippen LogP contribution in [0.1, 0.15) is 20.8 Å². The lowest BCUT2D eigenvalue weighted by molar-refractivity contribution is -0.150. The van der Waals surface area contributed by atoms with E-state index in [2.05, 4.69) is 20.0 Å². The maximum atomic E-state index is 11.5. The van der Waals surface area contributed by atoms with Gasteiger partial charge in [-0.2, -0.15) is 0 Å². The van der Waals surface area contributed by atoms with E-state index in [-0.39, 0.29) is 37.3 Å². The van der Waals surface area contributed by atoms with E-state index in [4.69, 9.17) is 4.74 Å². The van der Waals surface area contributed by atoms with Crippen molar-refractivity contribution in [2.45, 2.75) is 39.4 Å². The van der Waals surface area contributed by atoms with Gasteiger partial charge >= 0.3 is 5.97 Å². The molecule has 0 N–H and O–H groups in total. The Morgan fingerprint density at radius 2 is 1.93 bits per heavy atom. The van der Waals surface area contributed by atoms with Crippen molar-refractivity contribution in [1.29, 1.82) is 0 Å². The molecule has 0 radical (unpaired) electrons. The summed E-state index contributed by atoms with van der Waals surface area (Å²) in [5.41, 5.74) is 0.369. The lowest BCUT2D eigenvalue weighted by atomic mass is 9.90. The molecule has 0 saturated heterocycles. The van der Waals surface area contributed by atoms with Crippen LogP contribution in [-0.4, -0.2) is 39.0 Å². The summed E-state index contributed by atoms with van der Waals surface area (Å²) in [6, 6.07) is 0. The van der Waals surface area contributed by atoms with E-state index >= 15 is 0 Å². The van der Waals surface area contributed by atoms with Crippen LogP contribution in [0.3, 0.4) is 0 Å². The van der Waals surface area contributed by atoms with Crippen molar-refractivity contribution in [3.8, 4) is 0 Å². The maximum Gasteiger partial charge on any atom is 0.311 e. The number of ether oxygens (including phenoxy) is 1. The standard InChI is InChI=1S/C9H24O2Si3/c1-7(12-13-14(5)6)9(2,3)8(10)11-4/h7,14H,12-13H2,1-6H3. The summed E-state index contributed by atoms with van der Waals surface area (Å²) in [7, 11) is 1.48. The van der Waals surface area contributed by atoms with E-state index in [9.17, 15) is 4.79 Å². The van der Waals surface area contributed by atoms with Gasteiger partial charge in [-0.1, -0.05) is 20.0 Å². The van der Waals surface area contributed by atoms with Crippen molar-refractivity contribution in [3.63, 3.8) is 0 Å². The molecule has 84 valence electrons. The fourth-order valence-electron chi connectivity index (χ4n) is 1.41. The molecule has 0 fully saturated rings. The molecule has 0 bridgehead atoms. The monoisotopic (exact) mass is 248 g/mol. The second-order valence-electron chi connectivity index (χ2n) is 5.09. The minimum absolute atomic E-state index is 0.0306. The van der Waals surface area contributed by atoms with Crippen molar-refractivity contribution in [2.75, 3.05) is 7.11 Å². The van der Waals surface area contributed by atoms with Gasteiger partial charge in [-0.3, -0.25) is 4.79 Å². The third-order valence-electron chi connectivity index (χ3n) is 3.12. The highest BCUT2D eigenvalue weighted by atomic mass is 29.5. The number of hydrogen-bond donors (Lipinski definition) is 0. The molecule has 0 spiro atoms. The first-order chi connectivity index (χ1) is 6.32. The van der Waals surface area contributed by atoms with Crippen LogP contribution in [0, 0.1) is 5.41 Å². The Morgan fingerprint density at radius 3 is 2.29 bits per heavy atom. The number of carbonyl (C=O) groups excluding carboxylic acids is 1. The average molecular weight is 249 g/mol. The Kier molecular flexibility index (Phi) is 5.92. The van der Waals surface area contributed by atoms with E-state index in [0.717, 1.165) is 0 Å². The molecule has 0 saturated carbocycles. The molecule has 1 unspecified atom stereocenters. The first-order valence-electron chi connectivity index (χ1n) is 5.40. The van der Waals surface area contributed by atoms with Crippen LogP contribution < -0.4 is 0 Å². The number of carbonyl (C=O) groups is 1. The summed E-state index contributed by atoms with van der Waals surface area (Å²) in [6.45, 7) is 11.2. The van der Waals surface area contributed by atoms with Crippen LogP contribution in [-0.2, 0) is 9.53 Å². The third kappa shape index (κ3) is 4.10. The minimum atomic E-state index is -0.290. The zero-order valence-electron chi connectivity index (χ0n) is 10.4. The molecule has 0 aromatic carbocycles. The lowest BCUT2D eigenvalue weighted by Gasteiger charge is -2.28. The van der Waals surface area contributed by atoms with Gasteiger partial charge < -0.3 is 4.74 Å². The van der Waals surface area contributed by atoms with E-state index in [1.807, 2.05) is 13.8 Å². The van der Waals surface area contributed by atoms with E-state index in [1.165, 1.54) is 7.11 Å². The Balaban J connectivity index is 4.20. The molecular weight excluding hydrogens is 224 g/mol. The normalized spacial score (nSPS) is 15.9. The number of esters is 1. The van der Waals surface area contributed by atoms with Gasteiger partial charge in [-0.15, -0.1) is 0 Å². The highest BCUT2D eigenvalue weighted by Crippen LogP contribution is 2.31. The van der Waals surface area contributed by atoms with Gasteiger partial charge in [0.25, 0.3) is 0 Å². The van der Waals surface area contributed by atoms with Crippen molar-refractivity contribution in [3.05, 3.63) is 0 Å². The molecule has 5 heteroatoms. The highest BCUT2D eigenvalue weighted by molar-refractivity contribution is 7.35. The zero-order chi connectivity index (χ0) is 11.4. The molecule has 0 aliphatic heterocycles. The van der Waals surface area contributed by atoms with Crippen LogP contribution in [0.15, 0.2) is 0 Å². The molecule has 0 aliphatic rings. The zero-order valence-corrected chi connectivity index (χ0v) is 14.4. The largest absolute Gasteiger partial charge is 0.469 e. The van der Waals surface area contributed by atoms with Crippen LogP contribution in [0.5, 0.6) is 0 Å². The molecule has 2 nitrogen and oxygen atoms in total. The van der Waals surface area contributed by atoms with Crippen LogP contribution >= 0.6 is 0 Å². The molecule has 14 heavy (non-hydrogen) atoms. The molecule has 0 aromatic rings. The Morgan fingerprint density at radius 1 is 1.43 bits per heavy atom. The SMILES string of the molecule is COC(=O)C(C)(C)C(C)[SiH2][SiH2][SiH](C)C. The third-order valence-corrected chi connectivity index (χ3v) is 26.9. The van der Waals surface area contributed by atoms with Crippen molar-refractivity contribution in [1.82, 2.24) is 0 Å². The van der Waals surface area contributed by atoms with Crippen molar-refractivity contribution < 1.29 is 9.53 Å². The van der Waals surface area contributed by atoms with Crippen molar-refractivity contribution >= 4 is 31.9 Å². The summed E-state index contributed by atoms with van der Waals surface area (Å²) in [6.07, 6.45) is 0. The lowest BCUT2D eigenvalue weighted by Crippen LogP contribution is -2.36. The second kappa shape index (κ2) is 5.87. The molecular formula is C9H24O2Si3. The maximum absolute atomic E-state index is 11.5. The van der Waals surface area contributed by atoms with E-state index < -0.39 is 0 Å². The topological polar surface area (TPSA) is 26.3 Å². The fraction of sp³-hybridized carbons (Fsp3) is 0.889. The quantitative estimate of drug-likeness (QED) is 0.514. The summed E-state index contributed by atoms with van der Waals surface area (Å²) in [4.78, 5) is 11.5. The number of rotatable bonds is 5. The second-order valence-corrected chi connectivity index (χ2v) is 23.8. The first kappa shape index (κ1) is 14.1. The molecule has 0 rings (SSSR count). The smallest absolute Gasteiger partial charge is 0.311 e. The van der Waals surface area contributed by atoms with Gasteiger partial charge in [-0.25, -0.2) is 0 Å². The van der Waals surface area contributed by atoms with Gasteiger partial charge in [0.2, 0.25) is 0 Å². The number of hydrogen-bond acceptors (Lipinski definition) is 2. The van der Waals surface area contributed by atoms with Gasteiger partial charge in [0.15, 0.2) is 0 Å². The molecule has 0 heterocycles. The Bertz CT molecular complexity index is 192. The van der Waals surface area contributed by atoms with Crippen LogP contribution in [0.4, 0.5) is 0 Å². The van der Waals surface area contributed by atoms with Crippen LogP contribution in [0.25, 0.3) is 0 Å². The van der Waals surface area contributed by atoms with E-state index in [0.29, 0.717) is 5.54 Å². The molecule has 1 atom stereocenters. The predicted octanol–water partition coefficient (Wildman–Crippen LogP) is 0.230. The van der Waals surface area contributed by atoms with Crippen molar-refractivity contribution in [2.24, 2.45) is 5.41 Å². The Labute approximate surface area is 93.6 Å². The highest BCUT2D eigenvalue weighted by Gasteiger charge is 2.34. The van der Waals surface area contributed by atoms with E-state index in [1.54, 1.807) is 0 Å². The summed E-state index contributed by atoms with van der Waals surface area (Å²) >= 11 is 0. The fourth-order valence-corrected chi connectivity index (χ4v) is 19.6. The predicted molar refractivity (Wildman–Crippen MR) is 71.2 cm³/mol. The van der Waals surface area contributed by atoms with Gasteiger partial charge in [0, 0.05) is 25.9 Å². The summed E-state index contributed by atoms with van der Waals surface area (Å²) in [5, 5.41) is 0. The van der Waals surface area contributed by atoms with Gasteiger partial charge in [0.05, 0.1) is 12.5 Å². The van der Waals surface area contributed by atoms with Crippen LogP contribution in [0.2, 0.25) is 18.6 Å². The average Bonchev–Trinajstić information content (AvgIpc) is 2.12. The summed E-state index contributed by atoms with van der Waals surface area (Å²) < 4.78 is 4.85. The Hall–Kier alpha value is 0.121. The first-order valence-corrected chi connectivity index (χ1v) is 15.8. The van der Waals surface area contributed by atoms with Gasteiger partial charge in [0.1, 0.15) is 0 Å². The van der Waals surface area contributed by atoms with Gasteiger partial charge in [-0.05, 0) is 19.4 Å².